The quantitative estimate of drug-likeness (QED) is 0.560. The van der Waals surface area contributed by atoms with Crippen molar-refractivity contribution in [3.8, 4) is 0 Å². The molecule has 0 rings (SSSR count). The van der Waals surface area contributed by atoms with Crippen LogP contribution in [-0.4, -0.2) is 0 Å². The highest BCUT2D eigenvalue weighted by atomic mass is 14.2. The Labute approximate surface area is 66.0 Å². The van der Waals surface area contributed by atoms with Crippen molar-refractivity contribution in [1.29, 1.82) is 0 Å². The van der Waals surface area contributed by atoms with E-state index in [2.05, 4.69) is 34.6 Å². The van der Waals surface area contributed by atoms with Crippen molar-refractivity contribution >= 4 is 0 Å². The van der Waals surface area contributed by atoms with Crippen LogP contribution in [0.25, 0.3) is 0 Å². The average molecular weight is 141 g/mol. The minimum absolute atomic E-state index is 0.815. The zero-order chi connectivity index (χ0) is 8.15. The Kier molecular flexibility index (Phi) is 4.76. The molecule has 0 aliphatic heterocycles. The van der Waals surface area contributed by atoms with Crippen molar-refractivity contribution in [2.45, 2.75) is 47.5 Å². The first-order valence-electron chi connectivity index (χ1n) is 4.48. The smallest absolute Gasteiger partial charge is 0.0216 e. The highest BCUT2D eigenvalue weighted by Crippen LogP contribution is 2.27. The molecule has 0 nitrogen and oxygen atoms in total. The van der Waals surface area contributed by atoms with Crippen LogP contribution in [0.15, 0.2) is 0 Å². The fraction of sp³-hybridized carbons (Fsp3) is 0.900. The zero-order valence-corrected chi connectivity index (χ0v) is 8.07. The van der Waals surface area contributed by atoms with Gasteiger partial charge in [-0.25, -0.2) is 0 Å². The van der Waals surface area contributed by atoms with E-state index in [4.69, 9.17) is 0 Å². The maximum atomic E-state index is 2.34. The van der Waals surface area contributed by atoms with E-state index in [-0.39, 0.29) is 0 Å². The van der Waals surface area contributed by atoms with Crippen molar-refractivity contribution in [3.05, 3.63) is 5.92 Å². The Balaban J connectivity index is 3.76. The normalized spacial score (nSPS) is 14.7. The summed E-state index contributed by atoms with van der Waals surface area (Å²) in [6, 6.07) is 0. The van der Waals surface area contributed by atoms with Crippen molar-refractivity contribution in [3.63, 3.8) is 0 Å². The van der Waals surface area contributed by atoms with Crippen molar-refractivity contribution in [1.82, 2.24) is 0 Å². The second kappa shape index (κ2) is 4.76. The Morgan fingerprint density at radius 1 is 1.00 bits per heavy atom. The SMILES string of the molecule is CC[C](CC)C(C)C(C)C. The average Bonchev–Trinajstić information content (AvgIpc) is 1.90. The molecule has 1 radical (unpaired) electrons. The summed E-state index contributed by atoms with van der Waals surface area (Å²) < 4.78 is 0. The van der Waals surface area contributed by atoms with E-state index >= 15 is 0 Å². The van der Waals surface area contributed by atoms with Gasteiger partial charge in [-0.1, -0.05) is 34.6 Å². The standard InChI is InChI=1S/C10H21/c1-6-10(7-2)9(5)8(3)4/h8-9H,6-7H2,1-5H3. The Bertz CT molecular complexity index is 70.1. The molecule has 0 heterocycles. The van der Waals surface area contributed by atoms with Gasteiger partial charge in [0.1, 0.15) is 0 Å². The third-order valence-electron chi connectivity index (χ3n) is 2.55. The Morgan fingerprint density at radius 3 is 1.50 bits per heavy atom. The van der Waals surface area contributed by atoms with E-state index in [0.717, 1.165) is 11.8 Å². The first kappa shape index (κ1) is 10.0. The fourth-order valence-electron chi connectivity index (χ4n) is 1.37. The molecule has 0 heteroatoms. The van der Waals surface area contributed by atoms with Crippen LogP contribution < -0.4 is 0 Å². The Hall–Kier alpha value is 0. The number of rotatable bonds is 4. The molecule has 1 atom stereocenters. The van der Waals surface area contributed by atoms with Crippen molar-refractivity contribution in [2.24, 2.45) is 11.8 Å². The Morgan fingerprint density at radius 2 is 1.40 bits per heavy atom. The third-order valence-corrected chi connectivity index (χ3v) is 2.55. The molecule has 61 valence electrons. The van der Waals surface area contributed by atoms with E-state index in [1.54, 1.807) is 5.92 Å². The first-order chi connectivity index (χ1) is 4.63. The molecular formula is C10H21. The monoisotopic (exact) mass is 141 g/mol. The largest absolute Gasteiger partial charge is 0.0648 e. The minimum atomic E-state index is 0.815. The van der Waals surface area contributed by atoms with Crippen molar-refractivity contribution < 1.29 is 0 Å². The second-order valence-corrected chi connectivity index (χ2v) is 3.40. The maximum absolute atomic E-state index is 2.34. The molecule has 0 bridgehead atoms. The summed E-state index contributed by atoms with van der Waals surface area (Å²) in [5.74, 6) is 3.35. The lowest BCUT2D eigenvalue weighted by atomic mass is 9.82. The van der Waals surface area contributed by atoms with Gasteiger partial charge >= 0.3 is 0 Å². The molecule has 0 aliphatic carbocycles. The topological polar surface area (TPSA) is 0 Å². The van der Waals surface area contributed by atoms with Crippen molar-refractivity contribution in [2.75, 3.05) is 0 Å². The van der Waals surface area contributed by atoms with Crippen LogP contribution >= 0.6 is 0 Å². The van der Waals surface area contributed by atoms with Gasteiger partial charge in [-0.05, 0) is 30.6 Å². The van der Waals surface area contributed by atoms with Gasteiger partial charge in [0.25, 0.3) is 0 Å². The lowest BCUT2D eigenvalue weighted by molar-refractivity contribution is 0.405. The van der Waals surface area contributed by atoms with Gasteiger partial charge in [-0.2, -0.15) is 0 Å². The van der Waals surface area contributed by atoms with Gasteiger partial charge in [0.2, 0.25) is 0 Å². The predicted molar refractivity (Wildman–Crippen MR) is 47.8 cm³/mol. The van der Waals surface area contributed by atoms with E-state index in [9.17, 15) is 0 Å². The molecule has 10 heavy (non-hydrogen) atoms. The molecule has 0 saturated heterocycles. The number of hydrogen-bond acceptors (Lipinski definition) is 0. The van der Waals surface area contributed by atoms with Crippen LogP contribution in [0.3, 0.4) is 0 Å². The van der Waals surface area contributed by atoms with Crippen LogP contribution in [-0.2, 0) is 0 Å². The first-order valence-corrected chi connectivity index (χ1v) is 4.48. The molecule has 0 aromatic carbocycles. The van der Waals surface area contributed by atoms with Gasteiger partial charge in [-0.3, -0.25) is 0 Å². The van der Waals surface area contributed by atoms with Crippen LogP contribution in [0.2, 0.25) is 0 Å². The summed E-state index contributed by atoms with van der Waals surface area (Å²) >= 11 is 0. The summed E-state index contributed by atoms with van der Waals surface area (Å²) in [4.78, 5) is 0. The van der Waals surface area contributed by atoms with Crippen LogP contribution in [0.1, 0.15) is 47.5 Å². The molecule has 0 N–H and O–H groups in total. The van der Waals surface area contributed by atoms with Gasteiger partial charge in [0.15, 0.2) is 0 Å². The molecule has 0 aromatic heterocycles. The van der Waals surface area contributed by atoms with Gasteiger partial charge < -0.3 is 0 Å². The summed E-state index contributed by atoms with van der Waals surface area (Å²) in [7, 11) is 0. The highest BCUT2D eigenvalue weighted by molar-refractivity contribution is 4.92. The molecule has 1 unspecified atom stereocenters. The highest BCUT2D eigenvalue weighted by Gasteiger charge is 2.16. The second-order valence-electron chi connectivity index (χ2n) is 3.40. The lowest BCUT2D eigenvalue weighted by Gasteiger charge is -2.23. The van der Waals surface area contributed by atoms with Gasteiger partial charge in [0.05, 0.1) is 0 Å². The van der Waals surface area contributed by atoms with Crippen LogP contribution in [0.4, 0.5) is 0 Å². The molecule has 0 aliphatic rings. The summed E-state index contributed by atoms with van der Waals surface area (Å²) in [5, 5.41) is 0. The summed E-state index contributed by atoms with van der Waals surface area (Å²) in [5.41, 5.74) is 0. The molecule has 0 amide bonds. The molecule has 0 spiro atoms. The van der Waals surface area contributed by atoms with Gasteiger partial charge in [-0.15, -0.1) is 0 Å². The summed E-state index contributed by atoms with van der Waals surface area (Å²) in [6.45, 7) is 11.5. The van der Waals surface area contributed by atoms with E-state index in [1.807, 2.05) is 0 Å². The molecule has 0 aromatic rings. The lowest BCUT2D eigenvalue weighted by Crippen LogP contribution is -2.13. The van der Waals surface area contributed by atoms with Crippen LogP contribution in [0, 0.1) is 17.8 Å². The fourth-order valence-corrected chi connectivity index (χ4v) is 1.37. The van der Waals surface area contributed by atoms with Gasteiger partial charge in [0, 0.05) is 0 Å². The minimum Gasteiger partial charge on any atom is -0.0648 e. The summed E-state index contributed by atoms with van der Waals surface area (Å²) in [6.07, 6.45) is 2.52. The maximum Gasteiger partial charge on any atom is -0.0216 e. The van der Waals surface area contributed by atoms with E-state index in [0.29, 0.717) is 0 Å². The van der Waals surface area contributed by atoms with E-state index < -0.39 is 0 Å². The molecule has 0 saturated carbocycles. The van der Waals surface area contributed by atoms with E-state index in [1.165, 1.54) is 12.8 Å². The predicted octanol–water partition coefficient (Wildman–Crippen LogP) is 3.67. The third kappa shape index (κ3) is 2.72. The zero-order valence-electron chi connectivity index (χ0n) is 8.07. The number of hydrogen-bond donors (Lipinski definition) is 0. The van der Waals surface area contributed by atoms with Crippen LogP contribution in [0.5, 0.6) is 0 Å². The molecular weight excluding hydrogens is 120 g/mol. The molecule has 0 fully saturated rings.